The molecule has 0 bridgehead atoms. The van der Waals surface area contributed by atoms with Crippen molar-refractivity contribution in [3.8, 4) is 0 Å². The largest absolute Gasteiger partial charge is 0.456 e. The van der Waals surface area contributed by atoms with E-state index in [2.05, 4.69) is 29.0 Å². The molecule has 0 aliphatic heterocycles. The van der Waals surface area contributed by atoms with Crippen LogP contribution in [0.5, 0.6) is 0 Å². The van der Waals surface area contributed by atoms with Gasteiger partial charge in [0.2, 0.25) is 0 Å². The number of rotatable bonds is 7. The molecule has 0 aliphatic rings. The van der Waals surface area contributed by atoms with Crippen LogP contribution >= 0.6 is 0 Å². The molecule has 8 heteroatoms. The number of ether oxygens (including phenoxy) is 1. The molecular weight excluding hydrogens is 348 g/mol. The Bertz CT molecular complexity index is 1010. The summed E-state index contributed by atoms with van der Waals surface area (Å²) in [5.74, 6) is 1.41. The minimum absolute atomic E-state index is 0.0615. The van der Waals surface area contributed by atoms with Crippen LogP contribution in [0.15, 0.2) is 33.6 Å². The van der Waals surface area contributed by atoms with Crippen LogP contribution in [0.25, 0.3) is 10.9 Å². The van der Waals surface area contributed by atoms with Crippen LogP contribution in [-0.2, 0) is 36.0 Å². The zero-order valence-electron chi connectivity index (χ0n) is 15.6. The maximum Gasteiger partial charge on any atom is 0.306 e. The van der Waals surface area contributed by atoms with Crippen molar-refractivity contribution in [3.05, 3.63) is 52.2 Å². The third-order valence-electron chi connectivity index (χ3n) is 4.09. The summed E-state index contributed by atoms with van der Waals surface area (Å²) in [6.45, 7) is 4.06. The molecule has 8 nitrogen and oxygen atoms in total. The second kappa shape index (κ2) is 8.11. The number of para-hydroxylation sites is 1. The fraction of sp³-hybridized carbons (Fsp3) is 0.421. The standard InChI is InChI=1S/C19H22N4O4/c1-12(2)10-15-21-17(27-22-15)11-26-18(24)9-8-16-20-14-7-5-4-6-13(14)19(25)23(16)3/h4-7,12H,8-11H2,1-3H3. The van der Waals surface area contributed by atoms with Gasteiger partial charge < -0.3 is 9.26 Å². The molecule has 0 radical (unpaired) electrons. The molecule has 3 rings (SSSR count). The minimum atomic E-state index is -0.416. The Morgan fingerprint density at radius 2 is 2.04 bits per heavy atom. The summed E-state index contributed by atoms with van der Waals surface area (Å²) in [6, 6.07) is 7.14. The highest BCUT2D eigenvalue weighted by Crippen LogP contribution is 2.10. The molecule has 0 saturated heterocycles. The Kier molecular flexibility index (Phi) is 5.63. The van der Waals surface area contributed by atoms with Crippen molar-refractivity contribution in [2.24, 2.45) is 13.0 Å². The van der Waals surface area contributed by atoms with Crippen LogP contribution in [0, 0.1) is 5.92 Å². The SMILES string of the molecule is CC(C)Cc1noc(COC(=O)CCc2nc3ccccc3c(=O)n2C)n1. The molecule has 0 atom stereocenters. The fourth-order valence-corrected chi connectivity index (χ4v) is 2.71. The average Bonchev–Trinajstić information content (AvgIpc) is 3.08. The smallest absolute Gasteiger partial charge is 0.306 e. The van der Waals surface area contributed by atoms with Crippen molar-refractivity contribution in [2.45, 2.75) is 39.7 Å². The predicted octanol–water partition coefficient (Wildman–Crippen LogP) is 2.19. The Hall–Kier alpha value is -3.03. The van der Waals surface area contributed by atoms with E-state index in [0.717, 1.165) is 0 Å². The van der Waals surface area contributed by atoms with Crippen molar-refractivity contribution >= 4 is 16.9 Å². The first-order chi connectivity index (χ1) is 12.9. The lowest BCUT2D eigenvalue weighted by Crippen LogP contribution is -2.23. The Morgan fingerprint density at radius 1 is 1.26 bits per heavy atom. The molecule has 0 spiro atoms. The van der Waals surface area contributed by atoms with E-state index < -0.39 is 5.97 Å². The van der Waals surface area contributed by atoms with E-state index in [-0.39, 0.29) is 24.5 Å². The van der Waals surface area contributed by atoms with Gasteiger partial charge in [-0.05, 0) is 18.1 Å². The highest BCUT2D eigenvalue weighted by molar-refractivity contribution is 5.77. The van der Waals surface area contributed by atoms with Crippen LogP contribution in [0.2, 0.25) is 0 Å². The minimum Gasteiger partial charge on any atom is -0.456 e. The van der Waals surface area contributed by atoms with Gasteiger partial charge in [0, 0.05) is 19.9 Å². The Labute approximate surface area is 156 Å². The van der Waals surface area contributed by atoms with E-state index in [0.29, 0.717) is 41.3 Å². The molecule has 0 amide bonds. The van der Waals surface area contributed by atoms with E-state index in [1.54, 1.807) is 25.2 Å². The Morgan fingerprint density at radius 3 is 2.81 bits per heavy atom. The number of benzene rings is 1. The molecule has 27 heavy (non-hydrogen) atoms. The monoisotopic (exact) mass is 370 g/mol. The van der Waals surface area contributed by atoms with Crippen LogP contribution in [0.1, 0.15) is 37.8 Å². The van der Waals surface area contributed by atoms with Gasteiger partial charge in [0.05, 0.1) is 17.3 Å². The van der Waals surface area contributed by atoms with E-state index in [1.165, 1.54) is 4.57 Å². The summed E-state index contributed by atoms with van der Waals surface area (Å²) < 4.78 is 11.7. The highest BCUT2D eigenvalue weighted by Gasteiger charge is 2.13. The molecule has 0 aliphatic carbocycles. The maximum atomic E-state index is 12.4. The van der Waals surface area contributed by atoms with Gasteiger partial charge in [0.15, 0.2) is 12.4 Å². The van der Waals surface area contributed by atoms with Gasteiger partial charge in [0.25, 0.3) is 11.4 Å². The number of hydrogen-bond acceptors (Lipinski definition) is 7. The number of hydrogen-bond donors (Lipinski definition) is 0. The first-order valence-electron chi connectivity index (χ1n) is 8.85. The first-order valence-corrected chi connectivity index (χ1v) is 8.85. The summed E-state index contributed by atoms with van der Waals surface area (Å²) in [4.78, 5) is 33.0. The van der Waals surface area contributed by atoms with Crippen molar-refractivity contribution in [1.29, 1.82) is 0 Å². The van der Waals surface area contributed by atoms with Crippen LogP contribution in [-0.4, -0.2) is 25.7 Å². The number of carbonyl (C=O) groups excluding carboxylic acids is 1. The van der Waals surface area contributed by atoms with Gasteiger partial charge >= 0.3 is 5.97 Å². The molecule has 1 aromatic carbocycles. The lowest BCUT2D eigenvalue weighted by molar-refractivity contribution is -0.145. The number of esters is 1. The second-order valence-electron chi connectivity index (χ2n) is 6.77. The van der Waals surface area contributed by atoms with Gasteiger partial charge in [-0.25, -0.2) is 4.98 Å². The van der Waals surface area contributed by atoms with Gasteiger partial charge in [-0.2, -0.15) is 4.98 Å². The molecule has 2 aromatic heterocycles. The summed E-state index contributed by atoms with van der Waals surface area (Å²) in [7, 11) is 1.65. The summed E-state index contributed by atoms with van der Waals surface area (Å²) >= 11 is 0. The van der Waals surface area contributed by atoms with E-state index in [1.807, 2.05) is 6.07 Å². The third-order valence-corrected chi connectivity index (χ3v) is 4.09. The number of aromatic nitrogens is 4. The van der Waals surface area contributed by atoms with Crippen molar-refractivity contribution < 1.29 is 14.1 Å². The summed E-state index contributed by atoms with van der Waals surface area (Å²) in [5.41, 5.74) is 0.486. The molecular formula is C19H22N4O4. The third kappa shape index (κ3) is 4.58. The summed E-state index contributed by atoms with van der Waals surface area (Å²) in [6.07, 6.45) is 1.11. The van der Waals surface area contributed by atoms with Crippen LogP contribution in [0.3, 0.4) is 0 Å². The topological polar surface area (TPSA) is 100 Å². The number of aryl methyl sites for hydroxylation is 1. The average molecular weight is 370 g/mol. The lowest BCUT2D eigenvalue weighted by atomic mass is 10.1. The molecule has 0 saturated carbocycles. The molecule has 2 heterocycles. The molecule has 142 valence electrons. The highest BCUT2D eigenvalue weighted by atomic mass is 16.6. The van der Waals surface area contributed by atoms with Gasteiger partial charge in [0.1, 0.15) is 5.82 Å². The van der Waals surface area contributed by atoms with E-state index in [4.69, 9.17) is 9.26 Å². The van der Waals surface area contributed by atoms with E-state index >= 15 is 0 Å². The van der Waals surface area contributed by atoms with Gasteiger partial charge in [-0.15, -0.1) is 0 Å². The molecule has 3 aromatic rings. The first kappa shape index (κ1) is 18.8. The maximum absolute atomic E-state index is 12.4. The van der Waals surface area contributed by atoms with Gasteiger partial charge in [-0.1, -0.05) is 31.1 Å². The molecule has 0 N–H and O–H groups in total. The zero-order valence-corrected chi connectivity index (χ0v) is 15.6. The predicted molar refractivity (Wildman–Crippen MR) is 97.9 cm³/mol. The lowest BCUT2D eigenvalue weighted by Gasteiger charge is -2.08. The zero-order chi connectivity index (χ0) is 19.4. The van der Waals surface area contributed by atoms with Crippen molar-refractivity contribution in [3.63, 3.8) is 0 Å². The number of fused-ring (bicyclic) bond motifs is 1. The Balaban J connectivity index is 1.58. The van der Waals surface area contributed by atoms with Gasteiger partial charge in [-0.3, -0.25) is 14.2 Å². The molecule has 0 unspecified atom stereocenters. The second-order valence-corrected chi connectivity index (χ2v) is 6.77. The van der Waals surface area contributed by atoms with Crippen molar-refractivity contribution in [2.75, 3.05) is 0 Å². The van der Waals surface area contributed by atoms with Crippen molar-refractivity contribution in [1.82, 2.24) is 19.7 Å². The summed E-state index contributed by atoms with van der Waals surface area (Å²) in [5, 5.41) is 4.41. The normalized spacial score (nSPS) is 11.3. The number of nitrogens with zero attached hydrogens (tertiary/aromatic N) is 4. The number of carbonyl (C=O) groups is 1. The fourth-order valence-electron chi connectivity index (χ4n) is 2.71. The van der Waals surface area contributed by atoms with Crippen LogP contribution < -0.4 is 5.56 Å². The van der Waals surface area contributed by atoms with E-state index in [9.17, 15) is 9.59 Å². The quantitative estimate of drug-likeness (QED) is 0.588. The van der Waals surface area contributed by atoms with Crippen LogP contribution in [0.4, 0.5) is 0 Å². The molecule has 0 fully saturated rings.